The minimum atomic E-state index is -4.55. The Morgan fingerprint density at radius 1 is 1.36 bits per heavy atom. The summed E-state index contributed by atoms with van der Waals surface area (Å²) in [7, 11) is -2.40. The number of nitrogens with one attached hydrogen (secondary N) is 1. The van der Waals surface area contributed by atoms with E-state index in [4.69, 9.17) is 17.0 Å². The summed E-state index contributed by atoms with van der Waals surface area (Å²) in [5.41, 5.74) is -0.143. The number of methoxy groups -OCH3 is 1. The number of thiocarbonyl (C=S) groups is 1. The van der Waals surface area contributed by atoms with E-state index in [1.807, 2.05) is 11.8 Å². The number of imidazole rings is 1. The Hall–Kier alpha value is -2.18. The highest BCUT2D eigenvalue weighted by atomic mass is 32.2. The molecule has 3 rings (SSSR count). The minimum Gasteiger partial charge on any atom is -0.383 e. The van der Waals surface area contributed by atoms with Gasteiger partial charge in [0.15, 0.2) is 5.11 Å². The van der Waals surface area contributed by atoms with Gasteiger partial charge >= 0.3 is 6.18 Å². The molecule has 182 valence electrons. The molecule has 0 aliphatic heterocycles. The molecule has 1 aliphatic rings. The molecule has 0 unspecified atom stereocenters. The maximum atomic E-state index is 13.2. The Balaban J connectivity index is 1.89. The molecule has 1 fully saturated rings. The molecule has 12 heteroatoms. The molecule has 0 radical (unpaired) electrons. The Morgan fingerprint density at radius 3 is 2.70 bits per heavy atom. The lowest BCUT2D eigenvalue weighted by Gasteiger charge is -2.26. The van der Waals surface area contributed by atoms with Crippen LogP contribution in [0.5, 0.6) is 0 Å². The summed E-state index contributed by atoms with van der Waals surface area (Å²) < 4.78 is 72.3. The van der Waals surface area contributed by atoms with Crippen LogP contribution >= 0.6 is 12.2 Å². The van der Waals surface area contributed by atoms with Gasteiger partial charge < -0.3 is 19.5 Å². The number of nitrogens with zero attached hydrogens (tertiary/aromatic N) is 3. The number of hydrogen-bond acceptors (Lipinski definition) is 5. The van der Waals surface area contributed by atoms with E-state index in [9.17, 15) is 21.6 Å². The maximum Gasteiger partial charge on any atom is 0.416 e. The lowest BCUT2D eigenvalue weighted by Crippen LogP contribution is -2.41. The van der Waals surface area contributed by atoms with Crippen molar-refractivity contribution in [3.05, 3.63) is 47.3 Å². The van der Waals surface area contributed by atoms with Crippen LogP contribution in [0.4, 0.5) is 13.2 Å². The highest BCUT2D eigenvalue weighted by Gasteiger charge is 2.35. The van der Waals surface area contributed by atoms with Crippen LogP contribution in [0.25, 0.3) is 0 Å². The van der Waals surface area contributed by atoms with E-state index in [0.29, 0.717) is 37.0 Å². The predicted octanol–water partition coefficient (Wildman–Crippen LogP) is 3.55. The van der Waals surface area contributed by atoms with Gasteiger partial charge in [0, 0.05) is 26.2 Å². The van der Waals surface area contributed by atoms with Crippen molar-refractivity contribution in [2.45, 2.75) is 49.4 Å². The molecule has 33 heavy (non-hydrogen) atoms. The van der Waals surface area contributed by atoms with Crippen molar-refractivity contribution in [1.82, 2.24) is 19.8 Å². The smallest absolute Gasteiger partial charge is 0.383 e. The fourth-order valence-electron chi connectivity index (χ4n) is 3.48. The number of benzene rings is 1. The lowest BCUT2D eigenvalue weighted by molar-refractivity contribution is -0.137. The van der Waals surface area contributed by atoms with E-state index >= 15 is 0 Å². The molecule has 1 aromatic heterocycles. The van der Waals surface area contributed by atoms with Gasteiger partial charge in [0.25, 0.3) is 0 Å². The van der Waals surface area contributed by atoms with Crippen molar-refractivity contribution in [2.75, 3.05) is 26.8 Å². The Kier molecular flexibility index (Phi) is 8.01. The van der Waals surface area contributed by atoms with Gasteiger partial charge in [-0.2, -0.15) is 13.2 Å². The molecule has 1 aromatic carbocycles. The summed E-state index contributed by atoms with van der Waals surface area (Å²) in [5, 5.41) is 3.48. The molecule has 1 heterocycles. The summed E-state index contributed by atoms with van der Waals surface area (Å²) in [4.78, 5) is 6.06. The average Bonchev–Trinajstić information content (AvgIpc) is 3.49. The molecule has 1 saturated carbocycles. The summed E-state index contributed by atoms with van der Waals surface area (Å²) in [6.45, 7) is 3.83. The molecule has 0 bridgehead atoms. The normalized spacial score (nSPS) is 14.3. The number of ether oxygens (including phenoxy) is 1. The standard InChI is InChI=1S/C21H27F3N4O3S2/c1-3-25-19(32)27(9-10-31-2)13-18-12-26-20(28(18)17-7-8-17)33(29,30)14-15-5-4-6-16(11-15)21(22,23)24/h4-6,11-12,17H,3,7-10,13-14H2,1-2H3,(H,25,32). The van der Waals surface area contributed by atoms with E-state index in [1.54, 1.807) is 11.7 Å². The van der Waals surface area contributed by atoms with Crippen LogP contribution in [0.1, 0.15) is 42.6 Å². The minimum absolute atomic E-state index is 0.00855. The van der Waals surface area contributed by atoms with Gasteiger partial charge in [-0.1, -0.05) is 18.2 Å². The van der Waals surface area contributed by atoms with Crippen molar-refractivity contribution in [1.29, 1.82) is 0 Å². The third-order valence-electron chi connectivity index (χ3n) is 5.17. The first-order valence-electron chi connectivity index (χ1n) is 10.5. The molecule has 0 saturated heterocycles. The molecule has 2 aromatic rings. The molecule has 0 atom stereocenters. The molecule has 1 N–H and O–H groups in total. The van der Waals surface area contributed by atoms with Crippen molar-refractivity contribution in [2.24, 2.45) is 0 Å². The summed E-state index contributed by atoms with van der Waals surface area (Å²) in [6, 6.07) is 4.36. The molecule has 0 amide bonds. The van der Waals surface area contributed by atoms with Crippen molar-refractivity contribution < 1.29 is 26.3 Å². The second-order valence-electron chi connectivity index (χ2n) is 7.84. The van der Waals surface area contributed by atoms with E-state index in [2.05, 4.69) is 10.3 Å². The first kappa shape index (κ1) is 25.4. The fourth-order valence-corrected chi connectivity index (χ4v) is 5.31. The van der Waals surface area contributed by atoms with Crippen LogP contribution in [0, 0.1) is 0 Å². The Morgan fingerprint density at radius 2 is 2.09 bits per heavy atom. The van der Waals surface area contributed by atoms with Gasteiger partial charge in [0.2, 0.25) is 15.0 Å². The lowest BCUT2D eigenvalue weighted by atomic mass is 10.1. The van der Waals surface area contributed by atoms with Crippen LogP contribution < -0.4 is 5.32 Å². The van der Waals surface area contributed by atoms with Crippen LogP contribution in [0.15, 0.2) is 35.6 Å². The third-order valence-corrected chi connectivity index (χ3v) is 7.15. The average molecular weight is 505 g/mol. The first-order chi connectivity index (χ1) is 15.6. The molecular weight excluding hydrogens is 477 g/mol. The van der Waals surface area contributed by atoms with Crippen molar-refractivity contribution >= 4 is 27.2 Å². The number of aromatic nitrogens is 2. The number of hydrogen-bond donors (Lipinski definition) is 1. The van der Waals surface area contributed by atoms with Crippen LogP contribution in [-0.2, 0) is 33.0 Å². The van der Waals surface area contributed by atoms with Crippen molar-refractivity contribution in [3.63, 3.8) is 0 Å². The quantitative estimate of drug-likeness (QED) is 0.496. The molecule has 1 aliphatic carbocycles. The monoisotopic (exact) mass is 504 g/mol. The predicted molar refractivity (Wildman–Crippen MR) is 121 cm³/mol. The highest BCUT2D eigenvalue weighted by molar-refractivity contribution is 7.90. The number of halogens is 3. The van der Waals surface area contributed by atoms with Gasteiger partial charge in [-0.15, -0.1) is 0 Å². The number of alkyl halides is 3. The zero-order valence-electron chi connectivity index (χ0n) is 18.4. The van der Waals surface area contributed by atoms with Crippen molar-refractivity contribution in [3.8, 4) is 0 Å². The third kappa shape index (κ3) is 6.45. The summed E-state index contributed by atoms with van der Waals surface area (Å²) >= 11 is 5.44. The van der Waals surface area contributed by atoms with E-state index < -0.39 is 27.3 Å². The van der Waals surface area contributed by atoms with Gasteiger partial charge in [0.05, 0.1) is 36.4 Å². The largest absolute Gasteiger partial charge is 0.416 e. The molecular formula is C21H27F3N4O3S2. The SMILES string of the molecule is CCNC(=S)N(CCOC)Cc1cnc(S(=O)(=O)Cc2cccc(C(F)(F)F)c2)n1C1CC1. The first-order valence-corrected chi connectivity index (χ1v) is 12.6. The Labute approximate surface area is 196 Å². The molecule has 7 nitrogen and oxygen atoms in total. The molecule has 0 spiro atoms. The van der Waals surface area contributed by atoms with Gasteiger partial charge in [-0.25, -0.2) is 13.4 Å². The van der Waals surface area contributed by atoms with Crippen LogP contribution in [-0.4, -0.2) is 54.8 Å². The van der Waals surface area contributed by atoms with Gasteiger partial charge in [0.1, 0.15) is 0 Å². The zero-order chi connectivity index (χ0) is 24.2. The topological polar surface area (TPSA) is 76.5 Å². The van der Waals surface area contributed by atoms with Crippen LogP contribution in [0.3, 0.4) is 0 Å². The maximum absolute atomic E-state index is 13.2. The Bertz CT molecular complexity index is 1080. The second-order valence-corrected chi connectivity index (χ2v) is 10.1. The van der Waals surface area contributed by atoms with Gasteiger partial charge in [-0.3, -0.25) is 0 Å². The highest BCUT2D eigenvalue weighted by Crippen LogP contribution is 2.39. The fraction of sp³-hybridized carbons (Fsp3) is 0.524. The van der Waals surface area contributed by atoms with E-state index in [0.717, 1.165) is 25.0 Å². The van der Waals surface area contributed by atoms with E-state index in [1.165, 1.54) is 18.3 Å². The number of rotatable bonds is 10. The number of sulfone groups is 1. The summed E-state index contributed by atoms with van der Waals surface area (Å²) in [6.07, 6.45) is -1.42. The van der Waals surface area contributed by atoms with Gasteiger partial charge in [-0.05, 0) is 43.6 Å². The second kappa shape index (κ2) is 10.4. The van der Waals surface area contributed by atoms with Crippen LogP contribution in [0.2, 0.25) is 0 Å². The van der Waals surface area contributed by atoms with E-state index in [-0.39, 0.29) is 16.8 Å². The summed E-state index contributed by atoms with van der Waals surface area (Å²) in [5.74, 6) is -0.566. The zero-order valence-corrected chi connectivity index (χ0v) is 20.1.